The first-order chi connectivity index (χ1) is 7.99. The molecular formula is C11H6BrCl3OS. The fourth-order valence-corrected chi connectivity index (χ4v) is 3.63. The van der Waals surface area contributed by atoms with E-state index >= 15 is 0 Å². The first-order valence-electron chi connectivity index (χ1n) is 4.57. The van der Waals surface area contributed by atoms with Gasteiger partial charge in [0.25, 0.3) is 0 Å². The summed E-state index contributed by atoms with van der Waals surface area (Å²) in [6.07, 6.45) is -0.798. The van der Waals surface area contributed by atoms with Gasteiger partial charge in [0.15, 0.2) is 0 Å². The highest BCUT2D eigenvalue weighted by molar-refractivity contribution is 9.10. The molecule has 0 amide bonds. The van der Waals surface area contributed by atoms with Gasteiger partial charge in [0.2, 0.25) is 0 Å². The fraction of sp³-hybridized carbons (Fsp3) is 0.0909. The Bertz CT molecular complexity index is 536. The molecule has 0 aliphatic carbocycles. The summed E-state index contributed by atoms with van der Waals surface area (Å²) in [5, 5.41) is 11.2. The van der Waals surface area contributed by atoms with E-state index in [9.17, 15) is 5.11 Å². The molecule has 0 aliphatic heterocycles. The molecule has 0 saturated heterocycles. The smallest absolute Gasteiger partial charge is 0.115 e. The van der Waals surface area contributed by atoms with Gasteiger partial charge in [-0.25, -0.2) is 0 Å². The standard InChI is InChI=1S/C11H6BrCl3OS/c12-7-4-9(17-11(7)15)10(16)6-2-1-5(13)3-8(6)14/h1-4,10,16H. The van der Waals surface area contributed by atoms with Gasteiger partial charge in [0.1, 0.15) is 10.4 Å². The van der Waals surface area contributed by atoms with Gasteiger partial charge >= 0.3 is 0 Å². The highest BCUT2D eigenvalue weighted by Crippen LogP contribution is 2.39. The molecule has 1 nitrogen and oxygen atoms in total. The normalized spacial score (nSPS) is 12.8. The van der Waals surface area contributed by atoms with Crippen LogP contribution in [0.4, 0.5) is 0 Å². The van der Waals surface area contributed by atoms with Crippen molar-refractivity contribution >= 4 is 62.1 Å². The van der Waals surface area contributed by atoms with E-state index in [4.69, 9.17) is 34.8 Å². The van der Waals surface area contributed by atoms with E-state index in [0.717, 1.165) is 9.35 Å². The zero-order valence-corrected chi connectivity index (χ0v) is 12.9. The molecule has 0 aliphatic rings. The number of aliphatic hydroxyl groups excluding tert-OH is 1. The van der Waals surface area contributed by atoms with Crippen molar-refractivity contribution < 1.29 is 5.11 Å². The van der Waals surface area contributed by atoms with Crippen LogP contribution in [-0.2, 0) is 0 Å². The molecule has 2 rings (SSSR count). The maximum absolute atomic E-state index is 10.2. The highest BCUT2D eigenvalue weighted by atomic mass is 79.9. The molecule has 6 heteroatoms. The second-order valence-corrected chi connectivity index (χ2v) is 6.72. The number of benzene rings is 1. The van der Waals surface area contributed by atoms with Crippen LogP contribution in [0.2, 0.25) is 14.4 Å². The number of hydrogen-bond donors (Lipinski definition) is 1. The first kappa shape index (κ1) is 13.7. The second-order valence-electron chi connectivity index (χ2n) is 3.34. The Morgan fingerprint density at radius 1 is 1.18 bits per heavy atom. The molecule has 1 atom stereocenters. The van der Waals surface area contributed by atoms with Crippen LogP contribution in [0.1, 0.15) is 16.5 Å². The summed E-state index contributed by atoms with van der Waals surface area (Å²) in [4.78, 5) is 0.728. The monoisotopic (exact) mass is 370 g/mol. The molecule has 0 saturated carbocycles. The Balaban J connectivity index is 2.39. The first-order valence-corrected chi connectivity index (χ1v) is 7.31. The average molecular weight is 372 g/mol. The molecule has 1 heterocycles. The van der Waals surface area contributed by atoms with E-state index in [1.165, 1.54) is 11.3 Å². The van der Waals surface area contributed by atoms with Gasteiger partial charge in [-0.05, 0) is 34.1 Å². The van der Waals surface area contributed by atoms with Crippen LogP contribution >= 0.6 is 62.1 Å². The number of aliphatic hydroxyl groups is 1. The molecular weight excluding hydrogens is 366 g/mol. The van der Waals surface area contributed by atoms with Gasteiger partial charge in [-0.3, -0.25) is 0 Å². The lowest BCUT2D eigenvalue weighted by atomic mass is 10.1. The summed E-state index contributed by atoms with van der Waals surface area (Å²) in [6, 6.07) is 6.78. The van der Waals surface area contributed by atoms with Crippen LogP contribution in [0.3, 0.4) is 0 Å². The van der Waals surface area contributed by atoms with E-state index in [0.29, 0.717) is 19.9 Å². The Hall–Kier alpha value is 0.230. The quantitative estimate of drug-likeness (QED) is 0.732. The summed E-state index contributed by atoms with van der Waals surface area (Å²) in [5.41, 5.74) is 0.612. The molecule has 0 radical (unpaired) electrons. The van der Waals surface area contributed by atoms with Gasteiger partial charge < -0.3 is 5.11 Å². The molecule has 0 bridgehead atoms. The van der Waals surface area contributed by atoms with Gasteiger partial charge in [0.05, 0.1) is 0 Å². The van der Waals surface area contributed by atoms with Crippen LogP contribution in [-0.4, -0.2) is 5.11 Å². The van der Waals surface area contributed by atoms with Gasteiger partial charge in [0, 0.05) is 25.0 Å². The molecule has 1 unspecified atom stereocenters. The van der Waals surface area contributed by atoms with Crippen molar-refractivity contribution in [1.29, 1.82) is 0 Å². The molecule has 2 aromatic rings. The largest absolute Gasteiger partial charge is 0.383 e. The molecule has 1 aromatic heterocycles. The van der Waals surface area contributed by atoms with Crippen molar-refractivity contribution in [2.24, 2.45) is 0 Å². The summed E-state index contributed by atoms with van der Waals surface area (Å²) in [6.45, 7) is 0. The van der Waals surface area contributed by atoms with Crippen molar-refractivity contribution in [3.05, 3.63) is 53.6 Å². The Morgan fingerprint density at radius 2 is 1.88 bits per heavy atom. The maximum Gasteiger partial charge on any atom is 0.115 e. The Kier molecular flexibility index (Phi) is 4.40. The van der Waals surface area contributed by atoms with Crippen LogP contribution < -0.4 is 0 Å². The predicted octanol–water partition coefficient (Wildman–Crippen LogP) is 5.55. The zero-order valence-electron chi connectivity index (χ0n) is 8.25. The van der Waals surface area contributed by atoms with Crippen molar-refractivity contribution in [1.82, 2.24) is 0 Å². The topological polar surface area (TPSA) is 20.2 Å². The van der Waals surface area contributed by atoms with Crippen molar-refractivity contribution in [3.8, 4) is 0 Å². The molecule has 1 aromatic carbocycles. The molecule has 1 N–H and O–H groups in total. The molecule has 17 heavy (non-hydrogen) atoms. The minimum atomic E-state index is -0.798. The van der Waals surface area contributed by atoms with Gasteiger partial charge in [-0.15, -0.1) is 11.3 Å². The van der Waals surface area contributed by atoms with Gasteiger partial charge in [-0.1, -0.05) is 40.9 Å². The highest BCUT2D eigenvalue weighted by Gasteiger charge is 2.17. The fourth-order valence-electron chi connectivity index (χ4n) is 1.37. The predicted molar refractivity (Wildman–Crippen MR) is 77.6 cm³/mol. The van der Waals surface area contributed by atoms with Crippen LogP contribution in [0.15, 0.2) is 28.7 Å². The zero-order chi connectivity index (χ0) is 12.6. The SMILES string of the molecule is OC(c1cc(Br)c(Cl)s1)c1ccc(Cl)cc1Cl. The number of rotatable bonds is 2. The lowest BCUT2D eigenvalue weighted by Crippen LogP contribution is -1.97. The Morgan fingerprint density at radius 3 is 2.41 bits per heavy atom. The van der Waals surface area contributed by atoms with Crippen LogP contribution in [0, 0.1) is 0 Å². The van der Waals surface area contributed by atoms with E-state index in [-0.39, 0.29) is 0 Å². The number of hydrogen-bond acceptors (Lipinski definition) is 2. The van der Waals surface area contributed by atoms with E-state index in [1.807, 2.05) is 0 Å². The summed E-state index contributed by atoms with van der Waals surface area (Å²) in [5.74, 6) is 0. The Labute approximate surface area is 126 Å². The van der Waals surface area contributed by atoms with Gasteiger partial charge in [-0.2, -0.15) is 0 Å². The minimum absolute atomic E-state index is 0.436. The third-order valence-corrected chi connectivity index (χ3v) is 5.28. The van der Waals surface area contributed by atoms with Crippen molar-refractivity contribution in [2.45, 2.75) is 6.10 Å². The third-order valence-electron chi connectivity index (χ3n) is 2.19. The van der Waals surface area contributed by atoms with Crippen molar-refractivity contribution in [2.75, 3.05) is 0 Å². The molecule has 0 fully saturated rings. The summed E-state index contributed by atoms with van der Waals surface area (Å²) >= 11 is 22.4. The third kappa shape index (κ3) is 2.98. The van der Waals surface area contributed by atoms with E-state index in [2.05, 4.69) is 15.9 Å². The van der Waals surface area contributed by atoms with Crippen LogP contribution in [0.25, 0.3) is 0 Å². The van der Waals surface area contributed by atoms with Crippen LogP contribution in [0.5, 0.6) is 0 Å². The number of thiophene rings is 1. The lowest BCUT2D eigenvalue weighted by molar-refractivity contribution is 0.224. The van der Waals surface area contributed by atoms with Crippen molar-refractivity contribution in [3.63, 3.8) is 0 Å². The number of halogens is 4. The minimum Gasteiger partial charge on any atom is -0.383 e. The van der Waals surface area contributed by atoms with E-state index < -0.39 is 6.10 Å². The maximum atomic E-state index is 10.2. The molecule has 0 spiro atoms. The second kappa shape index (κ2) is 5.47. The lowest BCUT2D eigenvalue weighted by Gasteiger charge is -2.10. The summed E-state index contributed by atoms with van der Waals surface area (Å²) < 4.78 is 1.37. The average Bonchev–Trinajstić information content (AvgIpc) is 2.58. The van der Waals surface area contributed by atoms with E-state index in [1.54, 1.807) is 24.3 Å². The summed E-state index contributed by atoms with van der Waals surface area (Å²) in [7, 11) is 0. The molecule has 90 valence electrons.